The molecule has 0 spiro atoms. The summed E-state index contributed by atoms with van der Waals surface area (Å²) < 4.78 is 30.7. The fraction of sp³-hybridized carbons (Fsp3) is 0.400. The van der Waals surface area contributed by atoms with Gasteiger partial charge in [-0.15, -0.1) is 0 Å². The summed E-state index contributed by atoms with van der Waals surface area (Å²) in [6.45, 7) is -0.0286. The summed E-state index contributed by atoms with van der Waals surface area (Å²) in [6, 6.07) is 8.79. The van der Waals surface area contributed by atoms with Crippen LogP contribution in [-0.2, 0) is 13.5 Å². The standard InChI is InChI=1S/C15H19F2N3O/c1-11(18-8-6-13-7-9-19-20(13)2)12-4-3-5-14(10-12)21-15(16)17/h3-5,7,9-11,15,18H,6,8H2,1-2H3. The fourth-order valence-corrected chi connectivity index (χ4v) is 2.14. The second kappa shape index (κ2) is 7.17. The highest BCUT2D eigenvalue weighted by Crippen LogP contribution is 2.20. The van der Waals surface area contributed by atoms with E-state index in [4.69, 9.17) is 0 Å². The number of aromatic nitrogens is 2. The maximum atomic E-state index is 12.2. The minimum Gasteiger partial charge on any atom is -0.435 e. The SMILES string of the molecule is CC(NCCc1ccnn1C)c1cccc(OC(F)F)c1. The Kier molecular flexibility index (Phi) is 5.27. The van der Waals surface area contributed by atoms with Crippen molar-refractivity contribution in [3.05, 3.63) is 47.8 Å². The van der Waals surface area contributed by atoms with Gasteiger partial charge in [-0.3, -0.25) is 4.68 Å². The maximum absolute atomic E-state index is 12.2. The van der Waals surface area contributed by atoms with Gasteiger partial charge in [-0.25, -0.2) is 0 Å². The highest BCUT2D eigenvalue weighted by atomic mass is 19.3. The van der Waals surface area contributed by atoms with Gasteiger partial charge in [0.1, 0.15) is 5.75 Å². The van der Waals surface area contributed by atoms with E-state index in [-0.39, 0.29) is 11.8 Å². The van der Waals surface area contributed by atoms with E-state index in [2.05, 4.69) is 15.2 Å². The van der Waals surface area contributed by atoms with E-state index >= 15 is 0 Å². The average molecular weight is 295 g/mol. The van der Waals surface area contributed by atoms with Crippen molar-refractivity contribution in [2.75, 3.05) is 6.54 Å². The highest BCUT2D eigenvalue weighted by Gasteiger charge is 2.09. The van der Waals surface area contributed by atoms with Crippen LogP contribution in [0.4, 0.5) is 8.78 Å². The molecule has 0 radical (unpaired) electrons. The molecule has 1 aromatic heterocycles. The Morgan fingerprint density at radius 3 is 2.81 bits per heavy atom. The number of ether oxygens (including phenoxy) is 1. The summed E-state index contributed by atoms with van der Waals surface area (Å²) in [5, 5.41) is 7.47. The van der Waals surface area contributed by atoms with Crippen molar-refractivity contribution >= 4 is 0 Å². The Morgan fingerprint density at radius 2 is 2.14 bits per heavy atom. The molecule has 0 fully saturated rings. The molecule has 2 aromatic rings. The summed E-state index contributed by atoms with van der Waals surface area (Å²) >= 11 is 0. The maximum Gasteiger partial charge on any atom is 0.387 e. The lowest BCUT2D eigenvalue weighted by molar-refractivity contribution is -0.0499. The third-order valence-corrected chi connectivity index (χ3v) is 3.34. The topological polar surface area (TPSA) is 39.1 Å². The summed E-state index contributed by atoms with van der Waals surface area (Å²) in [6.07, 6.45) is 2.62. The molecule has 0 saturated heterocycles. The highest BCUT2D eigenvalue weighted by molar-refractivity contribution is 5.30. The first kappa shape index (κ1) is 15.4. The van der Waals surface area contributed by atoms with E-state index in [1.165, 1.54) is 6.07 Å². The van der Waals surface area contributed by atoms with Crippen molar-refractivity contribution in [1.29, 1.82) is 0 Å². The van der Waals surface area contributed by atoms with Gasteiger partial charge in [0.05, 0.1) is 0 Å². The van der Waals surface area contributed by atoms with Gasteiger partial charge < -0.3 is 10.1 Å². The number of nitrogens with one attached hydrogen (secondary N) is 1. The monoisotopic (exact) mass is 295 g/mol. The number of aryl methyl sites for hydroxylation is 1. The van der Waals surface area contributed by atoms with Crippen LogP contribution in [0.3, 0.4) is 0 Å². The molecule has 0 amide bonds. The second-order valence-corrected chi connectivity index (χ2v) is 4.82. The molecule has 6 heteroatoms. The van der Waals surface area contributed by atoms with Crippen molar-refractivity contribution < 1.29 is 13.5 Å². The number of halogens is 2. The molecule has 0 bridgehead atoms. The number of benzene rings is 1. The van der Waals surface area contributed by atoms with Gasteiger partial charge in [-0.05, 0) is 30.7 Å². The molecule has 0 saturated carbocycles. The van der Waals surface area contributed by atoms with Crippen LogP contribution in [0, 0.1) is 0 Å². The van der Waals surface area contributed by atoms with Gasteiger partial charge in [0.2, 0.25) is 0 Å². The largest absolute Gasteiger partial charge is 0.435 e. The van der Waals surface area contributed by atoms with Crippen LogP contribution >= 0.6 is 0 Å². The molecule has 1 unspecified atom stereocenters. The lowest BCUT2D eigenvalue weighted by Crippen LogP contribution is -2.22. The average Bonchev–Trinajstić information content (AvgIpc) is 2.84. The molecule has 1 aromatic carbocycles. The number of hydrogen-bond acceptors (Lipinski definition) is 3. The van der Waals surface area contributed by atoms with Crippen LogP contribution in [0.25, 0.3) is 0 Å². The summed E-state index contributed by atoms with van der Waals surface area (Å²) in [7, 11) is 1.91. The van der Waals surface area contributed by atoms with Crippen LogP contribution in [0.15, 0.2) is 36.5 Å². The van der Waals surface area contributed by atoms with Gasteiger partial charge in [0.15, 0.2) is 0 Å². The Labute approximate surface area is 122 Å². The van der Waals surface area contributed by atoms with Crippen LogP contribution in [-0.4, -0.2) is 22.9 Å². The Balaban J connectivity index is 1.88. The first-order valence-electron chi connectivity index (χ1n) is 6.81. The molecule has 1 atom stereocenters. The van der Waals surface area contributed by atoms with E-state index in [1.54, 1.807) is 18.3 Å². The van der Waals surface area contributed by atoms with Crippen molar-refractivity contribution in [1.82, 2.24) is 15.1 Å². The Hall–Kier alpha value is -1.95. The van der Waals surface area contributed by atoms with Gasteiger partial charge in [-0.2, -0.15) is 13.9 Å². The molecule has 1 N–H and O–H groups in total. The van der Waals surface area contributed by atoms with E-state index in [9.17, 15) is 8.78 Å². The molecule has 2 rings (SSSR count). The third kappa shape index (κ3) is 4.53. The molecule has 0 aliphatic carbocycles. The summed E-state index contributed by atoms with van der Waals surface area (Å²) in [4.78, 5) is 0. The van der Waals surface area contributed by atoms with Crippen LogP contribution in [0.2, 0.25) is 0 Å². The molecule has 1 heterocycles. The van der Waals surface area contributed by atoms with Gasteiger partial charge in [0, 0.05) is 37.9 Å². The molecule has 21 heavy (non-hydrogen) atoms. The normalized spacial score (nSPS) is 12.6. The second-order valence-electron chi connectivity index (χ2n) is 4.82. The van der Waals surface area contributed by atoms with Crippen molar-refractivity contribution in [2.45, 2.75) is 26.0 Å². The van der Waals surface area contributed by atoms with Crippen molar-refractivity contribution in [3.63, 3.8) is 0 Å². The van der Waals surface area contributed by atoms with Crippen LogP contribution < -0.4 is 10.1 Å². The number of alkyl halides is 2. The molecule has 4 nitrogen and oxygen atoms in total. The lowest BCUT2D eigenvalue weighted by atomic mass is 10.1. The van der Waals surface area contributed by atoms with Gasteiger partial charge >= 0.3 is 6.61 Å². The molecular formula is C15H19F2N3O. The minimum atomic E-state index is -2.80. The van der Waals surface area contributed by atoms with E-state index in [0.717, 1.165) is 24.2 Å². The molecule has 0 aliphatic heterocycles. The zero-order valence-electron chi connectivity index (χ0n) is 12.1. The van der Waals surface area contributed by atoms with E-state index < -0.39 is 6.61 Å². The van der Waals surface area contributed by atoms with E-state index in [1.807, 2.05) is 30.8 Å². The lowest BCUT2D eigenvalue weighted by Gasteiger charge is -2.15. The Morgan fingerprint density at radius 1 is 1.33 bits per heavy atom. The molecule has 114 valence electrons. The first-order chi connectivity index (χ1) is 10.1. The molecular weight excluding hydrogens is 276 g/mol. The van der Waals surface area contributed by atoms with Crippen molar-refractivity contribution in [3.8, 4) is 5.75 Å². The number of rotatable bonds is 7. The third-order valence-electron chi connectivity index (χ3n) is 3.34. The summed E-state index contributed by atoms with van der Waals surface area (Å²) in [5.41, 5.74) is 2.06. The summed E-state index contributed by atoms with van der Waals surface area (Å²) in [5.74, 6) is 0.183. The Bertz CT molecular complexity index is 572. The first-order valence-corrected chi connectivity index (χ1v) is 6.81. The zero-order chi connectivity index (χ0) is 15.2. The predicted molar refractivity (Wildman–Crippen MR) is 76.4 cm³/mol. The minimum absolute atomic E-state index is 0.0550. The quantitative estimate of drug-likeness (QED) is 0.853. The smallest absolute Gasteiger partial charge is 0.387 e. The number of hydrogen-bond donors (Lipinski definition) is 1. The van der Waals surface area contributed by atoms with Crippen LogP contribution in [0.1, 0.15) is 24.2 Å². The van der Waals surface area contributed by atoms with E-state index in [0.29, 0.717) is 0 Å². The predicted octanol–water partition coefficient (Wildman–Crippen LogP) is 2.91. The van der Waals surface area contributed by atoms with Crippen LogP contribution in [0.5, 0.6) is 5.75 Å². The molecule has 0 aliphatic rings. The van der Waals surface area contributed by atoms with Gasteiger partial charge in [-0.1, -0.05) is 12.1 Å². The zero-order valence-corrected chi connectivity index (χ0v) is 12.1. The van der Waals surface area contributed by atoms with Crippen molar-refractivity contribution in [2.24, 2.45) is 7.05 Å². The fourth-order valence-electron chi connectivity index (χ4n) is 2.14. The number of nitrogens with zero attached hydrogens (tertiary/aromatic N) is 2. The van der Waals surface area contributed by atoms with Gasteiger partial charge in [0.25, 0.3) is 0 Å².